The van der Waals surface area contributed by atoms with Gasteiger partial charge in [-0.1, -0.05) is 18.5 Å². The third-order valence-corrected chi connectivity index (χ3v) is 3.72. The van der Waals surface area contributed by atoms with Crippen LogP contribution in [-0.2, 0) is 0 Å². The number of hydrogen-bond donors (Lipinski definition) is 0. The first-order chi connectivity index (χ1) is 8.20. The fourth-order valence-electron chi connectivity index (χ4n) is 2.52. The molecule has 1 fully saturated rings. The predicted molar refractivity (Wildman–Crippen MR) is 72.8 cm³/mol. The first-order valence-corrected chi connectivity index (χ1v) is 6.65. The highest BCUT2D eigenvalue weighted by Gasteiger charge is 2.24. The third-order valence-electron chi connectivity index (χ3n) is 3.49. The van der Waals surface area contributed by atoms with E-state index in [9.17, 15) is 0 Å². The molecule has 1 aromatic heterocycles. The maximum atomic E-state index is 5.84. The number of halogens is 1. The number of hydrogen-bond acceptors (Lipinski definition) is 3. The van der Waals surface area contributed by atoms with E-state index in [-0.39, 0.29) is 0 Å². The van der Waals surface area contributed by atoms with E-state index in [1.54, 1.807) is 6.20 Å². The van der Waals surface area contributed by atoms with Gasteiger partial charge in [-0.05, 0) is 38.1 Å². The summed E-state index contributed by atoms with van der Waals surface area (Å²) in [5, 5.41) is 0.693. The van der Waals surface area contributed by atoms with E-state index in [0.717, 1.165) is 18.9 Å². The highest BCUT2D eigenvalue weighted by Crippen LogP contribution is 2.20. The van der Waals surface area contributed by atoms with Crippen LogP contribution in [0.25, 0.3) is 0 Å². The zero-order valence-corrected chi connectivity index (χ0v) is 11.3. The third kappa shape index (κ3) is 3.11. The summed E-state index contributed by atoms with van der Waals surface area (Å²) in [6.45, 7) is 5.66. The first-order valence-electron chi connectivity index (χ1n) is 6.27. The maximum Gasteiger partial charge on any atom is 0.128 e. The lowest BCUT2D eigenvalue weighted by atomic mass is 10.2. The average Bonchev–Trinajstić information content (AvgIpc) is 2.77. The number of pyridine rings is 1. The molecule has 0 amide bonds. The summed E-state index contributed by atoms with van der Waals surface area (Å²) >= 11 is 5.84. The van der Waals surface area contributed by atoms with E-state index in [2.05, 4.69) is 28.8 Å². The molecular weight excluding hydrogens is 234 g/mol. The van der Waals surface area contributed by atoms with Crippen molar-refractivity contribution < 1.29 is 0 Å². The molecule has 0 radical (unpaired) electrons. The summed E-state index contributed by atoms with van der Waals surface area (Å²) in [7, 11) is 2.10. The molecule has 0 aliphatic carbocycles. The smallest absolute Gasteiger partial charge is 0.128 e. The largest absolute Gasteiger partial charge is 0.358 e. The van der Waals surface area contributed by atoms with E-state index in [0.29, 0.717) is 11.1 Å². The van der Waals surface area contributed by atoms with Crippen LogP contribution in [-0.4, -0.2) is 42.6 Å². The van der Waals surface area contributed by atoms with Gasteiger partial charge in [-0.2, -0.15) is 0 Å². The van der Waals surface area contributed by atoms with E-state index >= 15 is 0 Å². The molecule has 17 heavy (non-hydrogen) atoms. The molecule has 94 valence electrons. The summed E-state index contributed by atoms with van der Waals surface area (Å²) in [5.74, 6) is 0.998. The Morgan fingerprint density at radius 1 is 1.53 bits per heavy atom. The summed E-state index contributed by atoms with van der Waals surface area (Å²) in [6, 6.07) is 4.54. The lowest BCUT2D eigenvalue weighted by Crippen LogP contribution is -2.39. The van der Waals surface area contributed by atoms with Crippen molar-refractivity contribution in [3.8, 4) is 0 Å². The van der Waals surface area contributed by atoms with Crippen molar-refractivity contribution in [2.75, 3.05) is 31.6 Å². The minimum absolute atomic E-state index is 0.669. The highest BCUT2D eigenvalue weighted by molar-refractivity contribution is 6.30. The van der Waals surface area contributed by atoms with Crippen LogP contribution in [0.15, 0.2) is 18.3 Å². The summed E-state index contributed by atoms with van der Waals surface area (Å²) in [4.78, 5) is 9.11. The van der Waals surface area contributed by atoms with Gasteiger partial charge in [-0.25, -0.2) is 4.98 Å². The number of anilines is 1. The molecule has 0 aromatic carbocycles. The van der Waals surface area contributed by atoms with E-state index < -0.39 is 0 Å². The molecular formula is C13H20ClN3. The minimum atomic E-state index is 0.669. The molecule has 0 spiro atoms. The van der Waals surface area contributed by atoms with E-state index in [4.69, 9.17) is 11.6 Å². The molecule has 1 unspecified atom stereocenters. The van der Waals surface area contributed by atoms with Gasteiger partial charge in [0.15, 0.2) is 0 Å². The molecule has 1 aromatic rings. The molecule has 0 saturated carbocycles. The summed E-state index contributed by atoms with van der Waals surface area (Å²) in [6.07, 6.45) is 4.33. The molecule has 1 aliphatic rings. The Morgan fingerprint density at radius 2 is 2.35 bits per heavy atom. The van der Waals surface area contributed by atoms with Crippen LogP contribution in [0, 0.1) is 0 Å². The molecule has 2 rings (SSSR count). The zero-order chi connectivity index (χ0) is 12.3. The van der Waals surface area contributed by atoms with Crippen molar-refractivity contribution >= 4 is 17.4 Å². The minimum Gasteiger partial charge on any atom is -0.358 e. The topological polar surface area (TPSA) is 19.4 Å². The molecule has 1 aliphatic heterocycles. The van der Waals surface area contributed by atoms with Crippen molar-refractivity contribution in [2.45, 2.75) is 25.8 Å². The standard InChI is InChI=1S/C13H20ClN3/c1-3-17-8-4-5-12(17)10-16(2)13-7-6-11(14)9-15-13/h6-7,9,12H,3-5,8,10H2,1-2H3. The van der Waals surface area contributed by atoms with Crippen molar-refractivity contribution in [2.24, 2.45) is 0 Å². The quantitative estimate of drug-likeness (QED) is 0.823. The number of aromatic nitrogens is 1. The van der Waals surface area contributed by atoms with Crippen molar-refractivity contribution in [3.05, 3.63) is 23.4 Å². The van der Waals surface area contributed by atoms with Gasteiger partial charge in [-0.15, -0.1) is 0 Å². The zero-order valence-electron chi connectivity index (χ0n) is 10.6. The second-order valence-corrected chi connectivity index (χ2v) is 5.08. The van der Waals surface area contributed by atoms with Crippen molar-refractivity contribution in [3.63, 3.8) is 0 Å². The number of likely N-dealkylation sites (tertiary alicyclic amines) is 1. The first kappa shape index (κ1) is 12.7. The lowest BCUT2D eigenvalue weighted by Gasteiger charge is -2.28. The van der Waals surface area contributed by atoms with Crippen LogP contribution < -0.4 is 4.90 Å². The van der Waals surface area contributed by atoms with Gasteiger partial charge in [0.1, 0.15) is 5.82 Å². The highest BCUT2D eigenvalue weighted by atomic mass is 35.5. The normalized spacial score (nSPS) is 20.8. The molecule has 4 heteroatoms. The summed E-state index contributed by atoms with van der Waals surface area (Å²) in [5.41, 5.74) is 0. The van der Waals surface area contributed by atoms with Crippen LogP contribution in [0.4, 0.5) is 5.82 Å². The Balaban J connectivity index is 1.96. The Bertz CT molecular complexity index is 352. The van der Waals surface area contributed by atoms with Crippen molar-refractivity contribution in [1.82, 2.24) is 9.88 Å². The molecule has 0 bridgehead atoms. The molecule has 3 nitrogen and oxygen atoms in total. The van der Waals surface area contributed by atoms with Crippen LogP contribution in [0.1, 0.15) is 19.8 Å². The Labute approximate surface area is 108 Å². The fourth-order valence-corrected chi connectivity index (χ4v) is 2.63. The van der Waals surface area contributed by atoms with Gasteiger partial charge >= 0.3 is 0 Å². The summed E-state index contributed by atoms with van der Waals surface area (Å²) < 4.78 is 0. The van der Waals surface area contributed by atoms with Crippen molar-refractivity contribution in [1.29, 1.82) is 0 Å². The Hall–Kier alpha value is -0.800. The second-order valence-electron chi connectivity index (χ2n) is 4.64. The van der Waals surface area contributed by atoms with Gasteiger partial charge < -0.3 is 4.90 Å². The van der Waals surface area contributed by atoms with Crippen LogP contribution in [0.3, 0.4) is 0 Å². The Kier molecular flexibility index (Phi) is 4.24. The van der Waals surface area contributed by atoms with Crippen LogP contribution >= 0.6 is 11.6 Å². The second kappa shape index (κ2) is 5.69. The van der Waals surface area contributed by atoms with Crippen LogP contribution in [0.5, 0.6) is 0 Å². The predicted octanol–water partition coefficient (Wildman–Crippen LogP) is 2.66. The van der Waals surface area contributed by atoms with E-state index in [1.807, 2.05) is 12.1 Å². The molecule has 1 atom stereocenters. The molecule has 0 N–H and O–H groups in total. The maximum absolute atomic E-state index is 5.84. The molecule has 1 saturated heterocycles. The number of rotatable bonds is 4. The molecule has 2 heterocycles. The van der Waals surface area contributed by atoms with Gasteiger partial charge in [0, 0.05) is 25.8 Å². The average molecular weight is 254 g/mol. The monoisotopic (exact) mass is 253 g/mol. The van der Waals surface area contributed by atoms with Gasteiger partial charge in [0.25, 0.3) is 0 Å². The van der Waals surface area contributed by atoms with Gasteiger partial charge in [-0.3, -0.25) is 4.90 Å². The van der Waals surface area contributed by atoms with Gasteiger partial charge in [0.05, 0.1) is 5.02 Å². The Morgan fingerprint density at radius 3 is 3.00 bits per heavy atom. The number of nitrogens with zero attached hydrogens (tertiary/aromatic N) is 3. The number of likely N-dealkylation sites (N-methyl/N-ethyl adjacent to an activating group) is 2. The van der Waals surface area contributed by atoms with Gasteiger partial charge in [0.2, 0.25) is 0 Å². The SMILES string of the molecule is CCN1CCCC1CN(C)c1ccc(Cl)cn1. The fraction of sp³-hybridized carbons (Fsp3) is 0.615. The van der Waals surface area contributed by atoms with E-state index in [1.165, 1.54) is 19.4 Å². The lowest BCUT2D eigenvalue weighted by molar-refractivity contribution is 0.270. The van der Waals surface area contributed by atoms with Crippen LogP contribution in [0.2, 0.25) is 5.02 Å².